The summed E-state index contributed by atoms with van der Waals surface area (Å²) in [5, 5.41) is 12.1. The van der Waals surface area contributed by atoms with Crippen molar-refractivity contribution in [2.75, 3.05) is 0 Å². The third-order valence-corrected chi connectivity index (χ3v) is 2.54. The minimum atomic E-state index is -1.08. The number of rotatable bonds is 3. The number of hydrogen-bond donors (Lipinski definition) is 1. The van der Waals surface area contributed by atoms with Crippen LogP contribution in [-0.4, -0.2) is 16.2 Å². The summed E-state index contributed by atoms with van der Waals surface area (Å²) in [6.45, 7) is 0. The number of carboxylic acids is 1. The van der Waals surface area contributed by atoms with E-state index in [0.29, 0.717) is 12.2 Å². The molecule has 0 amide bonds. The van der Waals surface area contributed by atoms with Crippen LogP contribution in [0.3, 0.4) is 0 Å². The first-order valence-corrected chi connectivity index (χ1v) is 5.38. The molecule has 0 bridgehead atoms. The van der Waals surface area contributed by atoms with Crippen molar-refractivity contribution in [3.8, 4) is 0 Å². The molecule has 0 aliphatic carbocycles. The molecule has 0 aliphatic rings. The number of aromatic carboxylic acids is 1. The molecule has 1 heterocycles. The van der Waals surface area contributed by atoms with Gasteiger partial charge in [0.05, 0.1) is 0 Å². The first-order valence-electron chi connectivity index (χ1n) is 4.58. The second-order valence-corrected chi connectivity index (χ2v) is 4.21. The summed E-state index contributed by atoms with van der Waals surface area (Å²) in [6, 6.07) is 9.15. The molecular formula is C11H8BrNO3. The number of benzene rings is 1. The monoisotopic (exact) mass is 281 g/mol. The fourth-order valence-electron chi connectivity index (χ4n) is 1.35. The van der Waals surface area contributed by atoms with Gasteiger partial charge in [0.2, 0.25) is 0 Å². The van der Waals surface area contributed by atoms with E-state index >= 15 is 0 Å². The molecule has 0 aliphatic heterocycles. The zero-order valence-corrected chi connectivity index (χ0v) is 9.77. The highest BCUT2D eigenvalue weighted by Gasteiger charge is 2.10. The maximum absolute atomic E-state index is 10.6. The van der Waals surface area contributed by atoms with Gasteiger partial charge >= 0.3 is 5.97 Å². The molecule has 0 atom stereocenters. The number of halogens is 1. The first-order chi connectivity index (χ1) is 7.65. The lowest BCUT2D eigenvalue weighted by atomic mass is 10.1. The van der Waals surface area contributed by atoms with Gasteiger partial charge in [-0.05, 0) is 17.7 Å². The van der Waals surface area contributed by atoms with E-state index in [1.165, 1.54) is 6.07 Å². The Kier molecular flexibility index (Phi) is 3.05. The SMILES string of the molecule is O=C(O)c1cc(Cc2cccc(Br)c2)on1. The van der Waals surface area contributed by atoms with Crippen molar-refractivity contribution in [3.63, 3.8) is 0 Å². The molecule has 0 spiro atoms. The number of carboxylic acid groups (broad SMARTS) is 1. The quantitative estimate of drug-likeness (QED) is 0.940. The van der Waals surface area contributed by atoms with Crippen LogP contribution in [0.1, 0.15) is 21.8 Å². The average molecular weight is 282 g/mol. The van der Waals surface area contributed by atoms with Crippen molar-refractivity contribution < 1.29 is 14.4 Å². The van der Waals surface area contributed by atoms with Gasteiger partial charge in [0.1, 0.15) is 5.76 Å². The Morgan fingerprint density at radius 1 is 1.44 bits per heavy atom. The maximum atomic E-state index is 10.6. The molecule has 82 valence electrons. The van der Waals surface area contributed by atoms with E-state index in [0.717, 1.165) is 10.0 Å². The number of hydrogen-bond acceptors (Lipinski definition) is 3. The Balaban J connectivity index is 2.17. The highest BCUT2D eigenvalue weighted by atomic mass is 79.9. The highest BCUT2D eigenvalue weighted by Crippen LogP contribution is 2.15. The van der Waals surface area contributed by atoms with Crippen molar-refractivity contribution in [3.05, 3.63) is 51.8 Å². The fraction of sp³-hybridized carbons (Fsp3) is 0.0909. The third-order valence-electron chi connectivity index (χ3n) is 2.05. The molecule has 1 N–H and O–H groups in total. The topological polar surface area (TPSA) is 63.3 Å². The van der Waals surface area contributed by atoms with E-state index in [2.05, 4.69) is 21.1 Å². The number of nitrogens with zero attached hydrogens (tertiary/aromatic N) is 1. The molecule has 0 saturated heterocycles. The van der Waals surface area contributed by atoms with Crippen molar-refractivity contribution in [2.24, 2.45) is 0 Å². The van der Waals surface area contributed by atoms with Gasteiger partial charge in [-0.15, -0.1) is 0 Å². The van der Waals surface area contributed by atoms with E-state index in [-0.39, 0.29) is 5.69 Å². The Morgan fingerprint density at radius 3 is 2.88 bits per heavy atom. The molecule has 0 fully saturated rings. The van der Waals surface area contributed by atoms with Gasteiger partial charge in [0.25, 0.3) is 0 Å². The van der Waals surface area contributed by atoms with E-state index in [4.69, 9.17) is 9.63 Å². The molecule has 0 radical (unpaired) electrons. The van der Waals surface area contributed by atoms with Gasteiger partial charge < -0.3 is 9.63 Å². The van der Waals surface area contributed by atoms with Crippen LogP contribution in [0.4, 0.5) is 0 Å². The van der Waals surface area contributed by atoms with Crippen LogP contribution in [0.15, 0.2) is 39.3 Å². The summed E-state index contributed by atoms with van der Waals surface area (Å²) < 4.78 is 5.90. The van der Waals surface area contributed by atoms with Gasteiger partial charge in [-0.1, -0.05) is 33.2 Å². The largest absolute Gasteiger partial charge is 0.476 e. The van der Waals surface area contributed by atoms with E-state index in [1.807, 2.05) is 24.3 Å². The minimum Gasteiger partial charge on any atom is -0.476 e. The molecule has 0 saturated carbocycles. The summed E-state index contributed by atoms with van der Waals surface area (Å²) in [4.78, 5) is 10.6. The van der Waals surface area contributed by atoms with Gasteiger partial charge in [0, 0.05) is 17.0 Å². The van der Waals surface area contributed by atoms with Gasteiger partial charge in [-0.2, -0.15) is 0 Å². The number of aromatic nitrogens is 1. The van der Waals surface area contributed by atoms with Crippen molar-refractivity contribution in [1.29, 1.82) is 0 Å². The lowest BCUT2D eigenvalue weighted by Gasteiger charge is -1.97. The first kappa shape index (κ1) is 10.9. The smallest absolute Gasteiger partial charge is 0.358 e. The Labute approximate surface area is 100 Å². The third kappa shape index (κ3) is 2.49. The van der Waals surface area contributed by atoms with Crippen LogP contribution in [0.25, 0.3) is 0 Å². The second-order valence-electron chi connectivity index (χ2n) is 3.29. The molecule has 0 unspecified atom stereocenters. The average Bonchev–Trinajstić information content (AvgIpc) is 2.66. The van der Waals surface area contributed by atoms with Gasteiger partial charge in [-0.3, -0.25) is 0 Å². The van der Waals surface area contributed by atoms with Crippen molar-refractivity contribution in [2.45, 2.75) is 6.42 Å². The van der Waals surface area contributed by atoms with Gasteiger partial charge in [0.15, 0.2) is 5.69 Å². The predicted molar refractivity (Wildman–Crippen MR) is 60.4 cm³/mol. The molecule has 5 heteroatoms. The molecule has 2 rings (SSSR count). The Morgan fingerprint density at radius 2 is 2.25 bits per heavy atom. The van der Waals surface area contributed by atoms with Crippen molar-refractivity contribution in [1.82, 2.24) is 5.16 Å². The summed E-state index contributed by atoms with van der Waals surface area (Å²) in [6.07, 6.45) is 0.527. The van der Waals surface area contributed by atoms with Crippen LogP contribution in [0.2, 0.25) is 0 Å². The highest BCUT2D eigenvalue weighted by molar-refractivity contribution is 9.10. The van der Waals surface area contributed by atoms with Crippen LogP contribution in [0.5, 0.6) is 0 Å². The van der Waals surface area contributed by atoms with Crippen molar-refractivity contribution >= 4 is 21.9 Å². The standard InChI is InChI=1S/C11H8BrNO3/c12-8-3-1-2-7(4-8)5-9-6-10(11(14)15)13-16-9/h1-4,6H,5H2,(H,14,15). The van der Waals surface area contributed by atoms with Crippen LogP contribution >= 0.6 is 15.9 Å². The van der Waals surface area contributed by atoms with E-state index < -0.39 is 5.97 Å². The predicted octanol–water partition coefficient (Wildman–Crippen LogP) is 2.73. The number of carbonyl (C=O) groups is 1. The molecule has 1 aromatic carbocycles. The molecule has 1 aromatic heterocycles. The Hall–Kier alpha value is -1.62. The maximum Gasteiger partial charge on any atom is 0.358 e. The van der Waals surface area contributed by atoms with E-state index in [9.17, 15) is 4.79 Å². The molecule has 2 aromatic rings. The summed E-state index contributed by atoms with van der Waals surface area (Å²) in [5.74, 6) is -0.542. The van der Waals surface area contributed by atoms with Crippen LogP contribution in [0, 0.1) is 0 Å². The normalized spacial score (nSPS) is 10.3. The molecule has 4 nitrogen and oxygen atoms in total. The van der Waals surface area contributed by atoms with E-state index in [1.54, 1.807) is 0 Å². The van der Waals surface area contributed by atoms with Crippen LogP contribution < -0.4 is 0 Å². The second kappa shape index (κ2) is 4.49. The zero-order chi connectivity index (χ0) is 11.5. The zero-order valence-electron chi connectivity index (χ0n) is 8.18. The summed E-state index contributed by atoms with van der Waals surface area (Å²) >= 11 is 3.36. The lowest BCUT2D eigenvalue weighted by molar-refractivity contribution is 0.0685. The van der Waals surface area contributed by atoms with Crippen LogP contribution in [-0.2, 0) is 6.42 Å². The Bertz CT molecular complexity index is 521. The lowest BCUT2D eigenvalue weighted by Crippen LogP contribution is -1.94. The minimum absolute atomic E-state index is 0.0648. The fourth-order valence-corrected chi connectivity index (χ4v) is 1.79. The van der Waals surface area contributed by atoms with Gasteiger partial charge in [-0.25, -0.2) is 4.79 Å². The molecule has 16 heavy (non-hydrogen) atoms. The summed E-state index contributed by atoms with van der Waals surface area (Å²) in [5.41, 5.74) is 0.965. The summed E-state index contributed by atoms with van der Waals surface area (Å²) in [7, 11) is 0. The molecular weight excluding hydrogens is 274 g/mol.